The smallest absolute Gasteiger partial charge is 0.258 e. The fourth-order valence-electron chi connectivity index (χ4n) is 2.60. The van der Waals surface area contributed by atoms with Crippen molar-refractivity contribution in [2.75, 3.05) is 10.6 Å². The third-order valence-electron chi connectivity index (χ3n) is 4.15. The van der Waals surface area contributed by atoms with Gasteiger partial charge in [-0.15, -0.1) is 0 Å². The van der Waals surface area contributed by atoms with E-state index in [9.17, 15) is 9.59 Å². The van der Waals surface area contributed by atoms with E-state index in [1.54, 1.807) is 42.5 Å². The van der Waals surface area contributed by atoms with Crippen molar-refractivity contribution in [1.82, 2.24) is 4.98 Å². The molecule has 1 aromatic heterocycles. The summed E-state index contributed by atoms with van der Waals surface area (Å²) in [5, 5.41) is 6.41. The molecule has 0 saturated heterocycles. The summed E-state index contributed by atoms with van der Waals surface area (Å²) in [6, 6.07) is 12.8. The van der Waals surface area contributed by atoms with Crippen LogP contribution in [0, 0.1) is 0 Å². The van der Waals surface area contributed by atoms with Crippen molar-refractivity contribution in [2.45, 2.75) is 6.92 Å². The number of anilines is 2. The molecule has 0 aliphatic heterocycles. The van der Waals surface area contributed by atoms with Gasteiger partial charge in [-0.3, -0.25) is 9.59 Å². The summed E-state index contributed by atoms with van der Waals surface area (Å²) in [5.41, 5.74) is 2.37. The first-order chi connectivity index (χ1) is 14.2. The van der Waals surface area contributed by atoms with Crippen molar-refractivity contribution >= 4 is 63.7 Å². The number of amides is 2. The van der Waals surface area contributed by atoms with Gasteiger partial charge < -0.3 is 10.6 Å². The molecule has 2 N–H and O–H groups in total. The standard InChI is InChI=1S/C22H16Cl3N3O2/c1-12(2)13-3-6-16(18(25)9-13)21(29)27-19-7-4-14(23)10-17(19)22(30)28-20-8-5-15(24)11-26-20/h3-11H,1H2,2H3,(H,27,29)(H,26,28,30). The SMILES string of the molecule is C=C(C)c1ccc(C(=O)Nc2ccc(Cl)cc2C(=O)Nc2ccc(Cl)cn2)c(Cl)c1. The van der Waals surface area contributed by atoms with Crippen LogP contribution >= 0.6 is 34.8 Å². The number of carbonyl (C=O) groups is 2. The molecule has 0 unspecified atom stereocenters. The maximum atomic E-state index is 12.8. The van der Waals surface area contributed by atoms with E-state index in [0.717, 1.165) is 11.1 Å². The van der Waals surface area contributed by atoms with Crippen molar-refractivity contribution in [3.8, 4) is 0 Å². The highest BCUT2D eigenvalue weighted by atomic mass is 35.5. The minimum absolute atomic E-state index is 0.169. The number of hydrogen-bond acceptors (Lipinski definition) is 3. The van der Waals surface area contributed by atoms with Crippen LogP contribution < -0.4 is 10.6 Å². The Morgan fingerprint density at radius 2 is 1.57 bits per heavy atom. The van der Waals surface area contributed by atoms with Crippen LogP contribution in [-0.4, -0.2) is 16.8 Å². The van der Waals surface area contributed by atoms with E-state index in [1.807, 2.05) is 6.92 Å². The van der Waals surface area contributed by atoms with Crippen LogP contribution in [0.1, 0.15) is 33.2 Å². The van der Waals surface area contributed by atoms with Crippen molar-refractivity contribution in [1.29, 1.82) is 0 Å². The summed E-state index contributed by atoms with van der Waals surface area (Å²) < 4.78 is 0. The van der Waals surface area contributed by atoms with E-state index in [1.165, 1.54) is 12.3 Å². The lowest BCUT2D eigenvalue weighted by atomic mass is 10.1. The van der Waals surface area contributed by atoms with E-state index in [2.05, 4.69) is 22.2 Å². The summed E-state index contributed by atoms with van der Waals surface area (Å²) in [6.45, 7) is 5.71. The average Bonchev–Trinajstić information content (AvgIpc) is 2.70. The predicted octanol–water partition coefficient (Wildman–Crippen LogP) is 6.58. The molecule has 1 heterocycles. The van der Waals surface area contributed by atoms with Gasteiger partial charge in [-0.25, -0.2) is 4.98 Å². The molecule has 0 spiro atoms. The highest BCUT2D eigenvalue weighted by Gasteiger charge is 2.17. The number of pyridine rings is 1. The Morgan fingerprint density at radius 1 is 0.867 bits per heavy atom. The van der Waals surface area contributed by atoms with Gasteiger partial charge in [0.15, 0.2) is 0 Å². The van der Waals surface area contributed by atoms with Gasteiger partial charge in [0, 0.05) is 11.2 Å². The van der Waals surface area contributed by atoms with Gasteiger partial charge in [0.25, 0.3) is 11.8 Å². The van der Waals surface area contributed by atoms with Crippen LogP contribution in [0.5, 0.6) is 0 Å². The molecule has 0 fully saturated rings. The van der Waals surface area contributed by atoms with Crippen LogP contribution in [-0.2, 0) is 0 Å². The number of carbonyl (C=O) groups excluding carboxylic acids is 2. The van der Waals surface area contributed by atoms with E-state index < -0.39 is 11.8 Å². The number of hydrogen-bond donors (Lipinski definition) is 2. The van der Waals surface area contributed by atoms with Gasteiger partial charge in [0.2, 0.25) is 0 Å². The minimum atomic E-state index is -0.494. The van der Waals surface area contributed by atoms with Gasteiger partial charge in [-0.05, 0) is 55.0 Å². The number of benzene rings is 2. The molecule has 0 aliphatic carbocycles. The van der Waals surface area contributed by atoms with Crippen molar-refractivity contribution in [3.63, 3.8) is 0 Å². The van der Waals surface area contributed by atoms with Crippen LogP contribution in [0.4, 0.5) is 11.5 Å². The first kappa shape index (κ1) is 21.8. The molecule has 152 valence electrons. The van der Waals surface area contributed by atoms with Crippen LogP contribution in [0.2, 0.25) is 15.1 Å². The zero-order valence-electron chi connectivity index (χ0n) is 15.8. The molecule has 2 aromatic carbocycles. The molecule has 0 aliphatic rings. The molecule has 3 rings (SSSR count). The van der Waals surface area contributed by atoms with Gasteiger partial charge in [0.1, 0.15) is 5.82 Å². The van der Waals surface area contributed by atoms with Gasteiger partial charge in [-0.2, -0.15) is 0 Å². The molecule has 3 aromatic rings. The quantitative estimate of drug-likeness (QED) is 0.452. The first-order valence-corrected chi connectivity index (χ1v) is 9.87. The normalized spacial score (nSPS) is 10.4. The zero-order chi connectivity index (χ0) is 21.8. The predicted molar refractivity (Wildman–Crippen MR) is 123 cm³/mol. The van der Waals surface area contributed by atoms with Crippen LogP contribution in [0.3, 0.4) is 0 Å². The number of allylic oxidation sites excluding steroid dienone is 1. The second-order valence-electron chi connectivity index (χ2n) is 6.43. The number of nitrogens with one attached hydrogen (secondary N) is 2. The van der Waals surface area contributed by atoms with E-state index >= 15 is 0 Å². The Kier molecular flexibility index (Phi) is 6.77. The second kappa shape index (κ2) is 9.30. The van der Waals surface area contributed by atoms with Crippen molar-refractivity contribution in [3.05, 3.63) is 93.1 Å². The molecule has 0 radical (unpaired) electrons. The molecule has 2 amide bonds. The number of nitrogens with zero attached hydrogens (tertiary/aromatic N) is 1. The number of aromatic nitrogens is 1. The summed E-state index contributed by atoms with van der Waals surface area (Å²) in [7, 11) is 0. The Balaban J connectivity index is 1.86. The summed E-state index contributed by atoms with van der Waals surface area (Å²) in [6.07, 6.45) is 1.41. The lowest BCUT2D eigenvalue weighted by molar-refractivity contribution is 0.102. The number of halogens is 3. The Hall–Kier alpha value is -2.86. The molecule has 5 nitrogen and oxygen atoms in total. The Labute approximate surface area is 188 Å². The van der Waals surface area contributed by atoms with Crippen molar-refractivity contribution in [2.24, 2.45) is 0 Å². The monoisotopic (exact) mass is 459 g/mol. The molecule has 0 atom stereocenters. The fourth-order valence-corrected chi connectivity index (χ4v) is 3.15. The molecular weight excluding hydrogens is 445 g/mol. The van der Waals surface area contributed by atoms with E-state index in [-0.39, 0.29) is 21.8 Å². The molecule has 0 bridgehead atoms. The van der Waals surface area contributed by atoms with Crippen molar-refractivity contribution < 1.29 is 9.59 Å². The highest BCUT2D eigenvalue weighted by molar-refractivity contribution is 6.35. The maximum absolute atomic E-state index is 12.8. The second-order valence-corrected chi connectivity index (χ2v) is 7.71. The highest BCUT2D eigenvalue weighted by Crippen LogP contribution is 2.26. The average molecular weight is 461 g/mol. The first-order valence-electron chi connectivity index (χ1n) is 8.74. The third kappa shape index (κ3) is 5.19. The summed E-state index contributed by atoms with van der Waals surface area (Å²) >= 11 is 18.1. The van der Waals surface area contributed by atoms with Gasteiger partial charge in [0.05, 0.1) is 26.9 Å². The minimum Gasteiger partial charge on any atom is -0.321 e. The molecule has 8 heteroatoms. The van der Waals surface area contributed by atoms with Crippen LogP contribution in [0.25, 0.3) is 5.57 Å². The van der Waals surface area contributed by atoms with Crippen LogP contribution in [0.15, 0.2) is 61.3 Å². The largest absolute Gasteiger partial charge is 0.321 e. The topological polar surface area (TPSA) is 71.1 Å². The summed E-state index contributed by atoms with van der Waals surface area (Å²) in [4.78, 5) is 29.5. The maximum Gasteiger partial charge on any atom is 0.258 e. The Morgan fingerprint density at radius 3 is 2.20 bits per heavy atom. The zero-order valence-corrected chi connectivity index (χ0v) is 18.1. The van der Waals surface area contributed by atoms with E-state index in [4.69, 9.17) is 34.8 Å². The summed E-state index contributed by atoms with van der Waals surface area (Å²) in [5.74, 6) is -0.652. The lowest BCUT2D eigenvalue weighted by Crippen LogP contribution is -2.19. The fraction of sp³-hybridized carbons (Fsp3) is 0.0455. The Bertz CT molecular complexity index is 1140. The molecular formula is C22H16Cl3N3O2. The third-order valence-corrected chi connectivity index (χ3v) is 4.92. The molecule has 0 saturated carbocycles. The number of rotatable bonds is 5. The lowest BCUT2D eigenvalue weighted by Gasteiger charge is -2.13. The van der Waals surface area contributed by atoms with E-state index in [0.29, 0.717) is 15.9 Å². The van der Waals surface area contributed by atoms with Gasteiger partial charge in [-0.1, -0.05) is 53.0 Å². The van der Waals surface area contributed by atoms with Gasteiger partial charge >= 0.3 is 0 Å². The molecule has 30 heavy (non-hydrogen) atoms.